The van der Waals surface area contributed by atoms with Gasteiger partial charge in [0.2, 0.25) is 0 Å². The molecule has 2 N–H and O–H groups in total. The molecule has 0 aromatic carbocycles. The van der Waals surface area contributed by atoms with Crippen LogP contribution >= 0.6 is 0 Å². The van der Waals surface area contributed by atoms with Crippen LogP contribution in [-0.4, -0.2) is 115 Å². The molecule has 1 rings (SSSR count). The first-order chi connectivity index (χ1) is 33.5. The van der Waals surface area contributed by atoms with E-state index in [1.54, 1.807) is 0 Å². The molecule has 3 unspecified atom stereocenters. The Morgan fingerprint density at radius 2 is 0.914 bits per heavy atom. The number of hydrogen-bond donors (Lipinski definition) is 2. The highest BCUT2D eigenvalue weighted by molar-refractivity contribution is 5.83. The van der Waals surface area contributed by atoms with E-state index in [-0.39, 0.29) is 12.8 Å². The van der Waals surface area contributed by atoms with E-state index in [1.807, 2.05) is 0 Å². The normalized spacial score (nSPS) is 19.5. The standard InChI is InChI=1S/C53H93NO16/c1-9-11-13-15-17-19-21-23-25-27-29-31-33-35-46(66-40(5)57)52(62)54-44(36-64-53-48(61)51(69-43(8)60)50(68-42(7)59)47(70-53)37-63-38(3)55)49(67-41(6)58)45(65-39(4)56)34-32-30-28-26-24-22-20-18-16-14-12-10-2/h44-51,53,61H,9-37H2,1-8H3,(H,54,62)/t44-,45?,46?,47+,48+,49?,50-,51+,53-/m0/s1. The van der Waals surface area contributed by atoms with Crippen LogP contribution < -0.4 is 5.32 Å². The largest absolute Gasteiger partial charge is 0.463 e. The second-order valence-corrected chi connectivity index (χ2v) is 19.0. The van der Waals surface area contributed by atoms with E-state index in [1.165, 1.54) is 117 Å². The summed E-state index contributed by atoms with van der Waals surface area (Å²) in [6, 6.07) is -1.32. The fourth-order valence-corrected chi connectivity index (χ4v) is 8.81. The third kappa shape index (κ3) is 30.8. The third-order valence-corrected chi connectivity index (χ3v) is 12.3. The number of aliphatic hydroxyl groups excluding tert-OH is 1. The molecule has 1 heterocycles. The van der Waals surface area contributed by atoms with Gasteiger partial charge in [-0.1, -0.05) is 162 Å². The summed E-state index contributed by atoms with van der Waals surface area (Å²) in [7, 11) is 0. The van der Waals surface area contributed by atoms with Gasteiger partial charge in [-0.05, 0) is 25.7 Å². The van der Waals surface area contributed by atoms with Gasteiger partial charge in [-0.15, -0.1) is 0 Å². The van der Waals surface area contributed by atoms with Gasteiger partial charge in [0.15, 0.2) is 30.7 Å². The number of aliphatic hydroxyl groups is 1. The number of carbonyl (C=O) groups excluding carboxylic acids is 7. The summed E-state index contributed by atoms with van der Waals surface area (Å²) < 4.78 is 45.3. The SMILES string of the molecule is CCCCCCCCCCCCCCCC(OC(C)=O)C(=O)N[C@@H](CO[C@H]1O[C@H](COC(C)=O)[C@H](OC(C)=O)[C@H](OC(C)=O)[C@H]1O)C(OC(C)=O)C(CCCCCCCCCCCCCC)OC(C)=O. The lowest BCUT2D eigenvalue weighted by Gasteiger charge is -2.43. The minimum atomic E-state index is -1.81. The second kappa shape index (κ2) is 39.7. The predicted octanol–water partition coefficient (Wildman–Crippen LogP) is 9.37. The van der Waals surface area contributed by atoms with E-state index in [2.05, 4.69) is 19.2 Å². The van der Waals surface area contributed by atoms with E-state index >= 15 is 0 Å². The van der Waals surface area contributed by atoms with Crippen LogP contribution in [0, 0.1) is 0 Å². The predicted molar refractivity (Wildman–Crippen MR) is 263 cm³/mol. The lowest BCUT2D eigenvalue weighted by atomic mass is 9.97. The van der Waals surface area contributed by atoms with Gasteiger partial charge in [-0.25, -0.2) is 0 Å². The molecule has 17 nitrogen and oxygen atoms in total. The van der Waals surface area contributed by atoms with Crippen molar-refractivity contribution >= 4 is 41.7 Å². The van der Waals surface area contributed by atoms with Gasteiger partial charge >= 0.3 is 35.8 Å². The quantitative estimate of drug-likeness (QED) is 0.0330. The zero-order valence-electron chi connectivity index (χ0n) is 44.3. The summed E-state index contributed by atoms with van der Waals surface area (Å²) in [6.07, 6.45) is 16.7. The summed E-state index contributed by atoms with van der Waals surface area (Å²) in [6.45, 7) is 10.3. The molecule has 0 spiro atoms. The molecule has 9 atom stereocenters. The van der Waals surface area contributed by atoms with Crippen LogP contribution in [0.3, 0.4) is 0 Å². The van der Waals surface area contributed by atoms with Crippen LogP contribution in [0.1, 0.15) is 229 Å². The molecule has 0 saturated carbocycles. The zero-order chi connectivity index (χ0) is 52.1. The van der Waals surface area contributed by atoms with Crippen LogP contribution in [-0.2, 0) is 71.5 Å². The van der Waals surface area contributed by atoms with Gasteiger partial charge in [0, 0.05) is 41.5 Å². The zero-order valence-corrected chi connectivity index (χ0v) is 44.3. The van der Waals surface area contributed by atoms with Crippen molar-refractivity contribution in [1.29, 1.82) is 0 Å². The van der Waals surface area contributed by atoms with Gasteiger partial charge < -0.3 is 48.3 Å². The van der Waals surface area contributed by atoms with Crippen molar-refractivity contribution in [2.45, 2.75) is 284 Å². The molecule has 0 bridgehead atoms. The van der Waals surface area contributed by atoms with Crippen LogP contribution in [0.5, 0.6) is 0 Å². The van der Waals surface area contributed by atoms with E-state index in [0.29, 0.717) is 12.8 Å². The van der Waals surface area contributed by atoms with Gasteiger partial charge in [-0.2, -0.15) is 0 Å². The van der Waals surface area contributed by atoms with E-state index in [0.717, 1.165) is 72.1 Å². The molecule has 1 aliphatic rings. The maximum atomic E-state index is 14.3. The lowest BCUT2D eigenvalue weighted by Crippen LogP contribution is -2.63. The monoisotopic (exact) mass is 1000 g/mol. The fourth-order valence-electron chi connectivity index (χ4n) is 8.81. The molecule has 0 aromatic heterocycles. The van der Waals surface area contributed by atoms with E-state index in [4.69, 9.17) is 37.9 Å². The summed E-state index contributed by atoms with van der Waals surface area (Å²) in [5, 5.41) is 14.4. The molecule has 1 saturated heterocycles. The number of carbonyl (C=O) groups is 7. The average Bonchev–Trinajstić information content (AvgIpc) is 3.28. The maximum absolute atomic E-state index is 14.3. The minimum absolute atomic E-state index is 0.199. The van der Waals surface area contributed by atoms with Crippen LogP contribution in [0.25, 0.3) is 0 Å². The molecule has 0 aliphatic carbocycles. The van der Waals surface area contributed by atoms with Crippen molar-refractivity contribution in [3.63, 3.8) is 0 Å². The molecule has 0 aromatic rings. The van der Waals surface area contributed by atoms with Crippen LogP contribution in [0.15, 0.2) is 0 Å². The number of ether oxygens (including phenoxy) is 8. The van der Waals surface area contributed by atoms with Gasteiger partial charge in [0.05, 0.1) is 12.6 Å². The van der Waals surface area contributed by atoms with Gasteiger partial charge in [0.25, 0.3) is 5.91 Å². The van der Waals surface area contributed by atoms with Crippen LogP contribution in [0.4, 0.5) is 0 Å². The number of unbranched alkanes of at least 4 members (excludes halogenated alkanes) is 23. The van der Waals surface area contributed by atoms with Gasteiger partial charge in [0.1, 0.15) is 24.9 Å². The smallest absolute Gasteiger partial charge is 0.303 e. The Morgan fingerprint density at radius 3 is 1.33 bits per heavy atom. The molecule has 1 amide bonds. The third-order valence-electron chi connectivity index (χ3n) is 12.3. The molecular formula is C53H93NO16. The molecule has 406 valence electrons. The van der Waals surface area contributed by atoms with Crippen molar-refractivity contribution in [2.75, 3.05) is 13.2 Å². The van der Waals surface area contributed by atoms with E-state index in [9.17, 15) is 38.7 Å². The van der Waals surface area contributed by atoms with Crippen LogP contribution in [0.2, 0.25) is 0 Å². The lowest BCUT2D eigenvalue weighted by molar-refractivity contribution is -0.307. The molecule has 1 aliphatic heterocycles. The fraction of sp³-hybridized carbons (Fsp3) is 0.868. The first-order valence-corrected chi connectivity index (χ1v) is 26.7. The Hall–Kier alpha value is -3.83. The molecule has 1 fully saturated rings. The second-order valence-electron chi connectivity index (χ2n) is 19.0. The maximum Gasteiger partial charge on any atom is 0.303 e. The Bertz CT molecular complexity index is 1480. The highest BCUT2D eigenvalue weighted by atomic mass is 16.7. The molecule has 0 radical (unpaired) electrons. The Labute approximate surface area is 419 Å². The summed E-state index contributed by atoms with van der Waals surface area (Å²) in [4.78, 5) is 88.4. The first kappa shape index (κ1) is 64.2. The van der Waals surface area contributed by atoms with Crippen molar-refractivity contribution in [3.8, 4) is 0 Å². The number of rotatable bonds is 41. The number of nitrogens with one attached hydrogen (secondary N) is 1. The minimum Gasteiger partial charge on any atom is -0.463 e. The number of hydrogen-bond acceptors (Lipinski definition) is 16. The molecule has 70 heavy (non-hydrogen) atoms. The molecular weight excluding hydrogens is 907 g/mol. The molecule has 17 heteroatoms. The Balaban J connectivity index is 3.37. The highest BCUT2D eigenvalue weighted by Gasteiger charge is 2.51. The summed E-state index contributed by atoms with van der Waals surface area (Å²) in [5.74, 6) is -5.16. The van der Waals surface area contributed by atoms with Crippen molar-refractivity contribution < 1.29 is 76.6 Å². The Kier molecular flexibility index (Phi) is 36.4. The van der Waals surface area contributed by atoms with Crippen molar-refractivity contribution in [3.05, 3.63) is 0 Å². The van der Waals surface area contributed by atoms with Crippen molar-refractivity contribution in [1.82, 2.24) is 5.32 Å². The topological polar surface area (TPSA) is 226 Å². The first-order valence-electron chi connectivity index (χ1n) is 26.7. The highest BCUT2D eigenvalue weighted by Crippen LogP contribution is 2.29. The summed E-state index contributed by atoms with van der Waals surface area (Å²) in [5.41, 5.74) is 0. The summed E-state index contributed by atoms with van der Waals surface area (Å²) >= 11 is 0. The van der Waals surface area contributed by atoms with Crippen molar-refractivity contribution in [2.24, 2.45) is 0 Å². The average molecular weight is 1000 g/mol. The van der Waals surface area contributed by atoms with Gasteiger partial charge in [-0.3, -0.25) is 33.6 Å². The van der Waals surface area contributed by atoms with E-state index < -0.39 is 110 Å². The number of esters is 6. The Morgan fingerprint density at radius 1 is 0.500 bits per heavy atom. The number of amides is 1.